The lowest BCUT2D eigenvalue weighted by Crippen LogP contribution is -2.37. The quantitative estimate of drug-likeness (QED) is 0.519. The van der Waals surface area contributed by atoms with Crippen LogP contribution >= 0.6 is 12.2 Å². The first-order chi connectivity index (χ1) is 14.8. The van der Waals surface area contributed by atoms with E-state index in [-0.39, 0.29) is 29.2 Å². The van der Waals surface area contributed by atoms with Gasteiger partial charge in [-0.1, -0.05) is 6.92 Å². The molecule has 0 saturated carbocycles. The molecule has 0 aliphatic carbocycles. The summed E-state index contributed by atoms with van der Waals surface area (Å²) in [5.74, 6) is 0.0641. The topological polar surface area (TPSA) is 60.1 Å². The van der Waals surface area contributed by atoms with E-state index in [4.69, 9.17) is 12.2 Å². The molecule has 1 atom stereocenters. The van der Waals surface area contributed by atoms with Crippen LogP contribution in [0.3, 0.4) is 0 Å². The first-order valence-electron chi connectivity index (χ1n) is 9.93. The van der Waals surface area contributed by atoms with Gasteiger partial charge in [-0.2, -0.15) is 0 Å². The number of hydrogen-bond acceptors (Lipinski definition) is 5. The first kappa shape index (κ1) is 21.8. The minimum atomic E-state index is -3.02. The number of hydrogen-bond donors (Lipinski definition) is 0. The molecule has 10 heteroatoms. The number of sulfone groups is 1. The van der Waals surface area contributed by atoms with Crippen molar-refractivity contribution in [2.75, 3.05) is 18.1 Å². The van der Waals surface area contributed by atoms with E-state index >= 15 is 0 Å². The van der Waals surface area contributed by atoms with E-state index in [1.807, 2.05) is 11.8 Å². The third-order valence-electron chi connectivity index (χ3n) is 5.47. The second-order valence-corrected chi connectivity index (χ2v) is 10.1. The average molecular weight is 465 g/mol. The van der Waals surface area contributed by atoms with Gasteiger partial charge < -0.3 is 0 Å². The average Bonchev–Trinajstić information content (AvgIpc) is 3.26. The highest BCUT2D eigenvalue weighted by molar-refractivity contribution is 7.91. The molecule has 1 aliphatic heterocycles. The van der Waals surface area contributed by atoms with Crippen LogP contribution in [0, 0.1) is 16.4 Å². The number of rotatable bonds is 6. The van der Waals surface area contributed by atoms with E-state index in [9.17, 15) is 17.2 Å². The molecular weight excluding hydrogens is 442 g/mol. The molecule has 0 bridgehead atoms. The van der Waals surface area contributed by atoms with Crippen LogP contribution in [-0.4, -0.2) is 51.8 Å². The molecule has 0 N–H and O–H groups in total. The van der Waals surface area contributed by atoms with Crippen molar-refractivity contribution in [1.29, 1.82) is 0 Å². The maximum atomic E-state index is 13.5. The van der Waals surface area contributed by atoms with Gasteiger partial charge in [0.15, 0.2) is 15.7 Å². The predicted octanol–water partition coefficient (Wildman–Crippen LogP) is 3.81. The van der Waals surface area contributed by atoms with Gasteiger partial charge in [0, 0.05) is 11.6 Å². The number of benzene rings is 2. The molecule has 1 aromatic heterocycles. The summed E-state index contributed by atoms with van der Waals surface area (Å²) in [4.78, 5) is 2.04. The number of nitrogens with zero attached hydrogens (tertiary/aromatic N) is 4. The van der Waals surface area contributed by atoms with Crippen molar-refractivity contribution in [2.45, 2.75) is 26.1 Å². The summed E-state index contributed by atoms with van der Waals surface area (Å²) in [5.41, 5.74) is 1.28. The standard InChI is InChI=1S/C21H22F2N4O2S2/c1-2-25(19-11-12-31(28,29)13-19)14-26-21(30)27(18-9-7-17(23)8-10-18)20(24-26)15-3-5-16(22)6-4-15/h3-10,19H,2,11-14H2,1H3/t19-/m1/s1. The molecule has 31 heavy (non-hydrogen) atoms. The normalized spacial score (nSPS) is 18.0. The second-order valence-electron chi connectivity index (χ2n) is 7.53. The summed E-state index contributed by atoms with van der Waals surface area (Å²) in [6.07, 6.45) is 0.576. The highest BCUT2D eigenvalue weighted by atomic mass is 32.2. The van der Waals surface area contributed by atoms with E-state index < -0.39 is 9.84 Å². The summed E-state index contributed by atoms with van der Waals surface area (Å²) < 4.78 is 54.5. The van der Waals surface area contributed by atoms with E-state index in [0.29, 0.717) is 41.5 Å². The smallest absolute Gasteiger partial charge is 0.204 e. The van der Waals surface area contributed by atoms with Crippen molar-refractivity contribution in [3.63, 3.8) is 0 Å². The van der Waals surface area contributed by atoms with Gasteiger partial charge in [0.25, 0.3) is 0 Å². The fraction of sp³-hybridized carbons (Fsp3) is 0.333. The molecule has 6 nitrogen and oxygen atoms in total. The third kappa shape index (κ3) is 4.60. The minimum absolute atomic E-state index is 0.0952. The summed E-state index contributed by atoms with van der Waals surface area (Å²) in [6.45, 7) is 2.92. The van der Waals surface area contributed by atoms with E-state index in [2.05, 4.69) is 5.10 Å². The molecule has 0 radical (unpaired) electrons. The SMILES string of the molecule is CCN(Cn1nc(-c2ccc(F)cc2)n(-c2ccc(F)cc2)c1=S)[C@@H]1CCS(=O)(=O)C1. The molecule has 1 saturated heterocycles. The van der Waals surface area contributed by atoms with Crippen LogP contribution in [0.15, 0.2) is 48.5 Å². The molecule has 2 heterocycles. The summed E-state index contributed by atoms with van der Waals surface area (Å²) >= 11 is 5.69. The Labute approximate surface area is 184 Å². The van der Waals surface area contributed by atoms with Crippen molar-refractivity contribution in [1.82, 2.24) is 19.2 Å². The Morgan fingerprint density at radius 2 is 1.71 bits per heavy atom. The zero-order valence-electron chi connectivity index (χ0n) is 16.9. The lowest BCUT2D eigenvalue weighted by molar-refractivity contribution is 0.164. The molecule has 164 valence electrons. The molecule has 0 unspecified atom stereocenters. The van der Waals surface area contributed by atoms with Crippen LogP contribution in [0.4, 0.5) is 8.78 Å². The Morgan fingerprint density at radius 1 is 1.10 bits per heavy atom. The predicted molar refractivity (Wildman–Crippen MR) is 117 cm³/mol. The molecule has 0 spiro atoms. The van der Waals surface area contributed by atoms with Gasteiger partial charge in [0.05, 0.1) is 23.9 Å². The monoisotopic (exact) mass is 464 g/mol. The summed E-state index contributed by atoms with van der Waals surface area (Å²) in [7, 11) is -3.02. The van der Waals surface area contributed by atoms with E-state index in [1.54, 1.807) is 33.5 Å². The molecule has 4 rings (SSSR count). The van der Waals surface area contributed by atoms with E-state index in [0.717, 1.165) is 0 Å². The maximum Gasteiger partial charge on any atom is 0.204 e. The Hall–Kier alpha value is -2.43. The highest BCUT2D eigenvalue weighted by Crippen LogP contribution is 2.24. The van der Waals surface area contributed by atoms with Crippen LogP contribution in [0.1, 0.15) is 13.3 Å². The van der Waals surface area contributed by atoms with Gasteiger partial charge >= 0.3 is 0 Å². The van der Waals surface area contributed by atoms with Crippen molar-refractivity contribution < 1.29 is 17.2 Å². The fourth-order valence-corrected chi connectivity index (χ4v) is 5.87. The van der Waals surface area contributed by atoms with Crippen LogP contribution in [0.2, 0.25) is 0 Å². The first-order valence-corrected chi connectivity index (χ1v) is 12.2. The lowest BCUT2D eigenvalue weighted by Gasteiger charge is -2.26. The number of aromatic nitrogens is 3. The lowest BCUT2D eigenvalue weighted by atomic mass is 10.2. The van der Waals surface area contributed by atoms with Gasteiger partial charge in [-0.15, -0.1) is 5.10 Å². The summed E-state index contributed by atoms with van der Waals surface area (Å²) in [5, 5.41) is 4.67. The van der Waals surface area contributed by atoms with E-state index in [1.165, 1.54) is 24.3 Å². The van der Waals surface area contributed by atoms with Crippen LogP contribution in [0.25, 0.3) is 17.1 Å². The largest absolute Gasteiger partial charge is 0.281 e. The zero-order chi connectivity index (χ0) is 22.2. The van der Waals surface area contributed by atoms with Crippen LogP contribution in [0.5, 0.6) is 0 Å². The molecule has 0 amide bonds. The maximum absolute atomic E-state index is 13.5. The highest BCUT2D eigenvalue weighted by Gasteiger charge is 2.32. The molecule has 2 aromatic carbocycles. The Kier molecular flexibility index (Phi) is 6.05. The second kappa shape index (κ2) is 8.60. The fourth-order valence-electron chi connectivity index (χ4n) is 3.82. The van der Waals surface area contributed by atoms with Crippen LogP contribution in [-0.2, 0) is 16.5 Å². The number of halogens is 2. The molecular formula is C21H22F2N4O2S2. The van der Waals surface area contributed by atoms with Gasteiger partial charge in [0.2, 0.25) is 4.77 Å². The molecule has 1 fully saturated rings. The van der Waals surface area contributed by atoms with Crippen LogP contribution < -0.4 is 0 Å². The summed E-state index contributed by atoms with van der Waals surface area (Å²) in [6, 6.07) is 11.7. The van der Waals surface area contributed by atoms with Gasteiger partial charge in [-0.05, 0) is 73.7 Å². The third-order valence-corrected chi connectivity index (χ3v) is 7.62. The van der Waals surface area contributed by atoms with Crippen molar-refractivity contribution in [3.8, 4) is 17.1 Å². The van der Waals surface area contributed by atoms with Crippen molar-refractivity contribution >= 4 is 22.1 Å². The molecule has 1 aliphatic rings. The Bertz CT molecular complexity index is 1240. The van der Waals surface area contributed by atoms with Gasteiger partial charge in [0.1, 0.15) is 11.6 Å². The minimum Gasteiger partial charge on any atom is -0.281 e. The van der Waals surface area contributed by atoms with Gasteiger partial charge in [-0.3, -0.25) is 9.47 Å². The molecule has 3 aromatic rings. The zero-order valence-corrected chi connectivity index (χ0v) is 18.5. The van der Waals surface area contributed by atoms with Crippen molar-refractivity contribution in [3.05, 3.63) is 64.9 Å². The van der Waals surface area contributed by atoms with Gasteiger partial charge in [-0.25, -0.2) is 21.9 Å². The Morgan fingerprint density at radius 3 is 2.26 bits per heavy atom. The Balaban J connectivity index is 1.76. The van der Waals surface area contributed by atoms with Crippen molar-refractivity contribution in [2.24, 2.45) is 0 Å².